The minimum Gasteiger partial charge on any atom is -0.279 e. The van der Waals surface area contributed by atoms with Crippen molar-refractivity contribution in [1.82, 2.24) is 13.7 Å². The summed E-state index contributed by atoms with van der Waals surface area (Å²) >= 11 is 7.47. The van der Waals surface area contributed by atoms with E-state index in [2.05, 4.69) is 18.8 Å². The minimum absolute atomic E-state index is 0.0667. The van der Waals surface area contributed by atoms with Crippen LogP contribution in [0.5, 0.6) is 0 Å². The van der Waals surface area contributed by atoms with Gasteiger partial charge in [0.25, 0.3) is 10.0 Å². The molecule has 0 saturated heterocycles. The second-order valence-corrected chi connectivity index (χ2v) is 8.83. The van der Waals surface area contributed by atoms with E-state index in [1.54, 1.807) is 14.9 Å². The number of hydrogen-bond acceptors (Lipinski definition) is 4. The molecule has 0 N–H and O–H groups in total. The molecule has 0 radical (unpaired) electrons. The monoisotopic (exact) mass is 347 g/mol. The largest absolute Gasteiger partial charge is 0.279 e. The Morgan fingerprint density at radius 3 is 2.86 bits per heavy atom. The molecule has 3 rings (SSSR count). The highest BCUT2D eigenvalue weighted by Gasteiger charge is 2.40. The molecule has 2 aromatic rings. The second-order valence-electron chi connectivity index (χ2n) is 5.79. The van der Waals surface area contributed by atoms with Crippen LogP contribution in [0, 0.1) is 5.92 Å². The van der Waals surface area contributed by atoms with Gasteiger partial charge in [-0.15, -0.1) is 11.3 Å². The number of imidazole rings is 1. The molecule has 0 aliphatic heterocycles. The second kappa shape index (κ2) is 5.53. The van der Waals surface area contributed by atoms with Crippen molar-refractivity contribution < 1.29 is 8.42 Å². The number of rotatable bonds is 6. The van der Waals surface area contributed by atoms with E-state index in [1.165, 1.54) is 11.3 Å². The third kappa shape index (κ3) is 2.84. The summed E-state index contributed by atoms with van der Waals surface area (Å²) in [6, 6.07) is 0.119. The molecule has 2 aromatic heterocycles. The van der Waals surface area contributed by atoms with Gasteiger partial charge in [0.15, 0.2) is 15.1 Å². The minimum atomic E-state index is -3.61. The topological polar surface area (TPSA) is 54.7 Å². The fourth-order valence-electron chi connectivity index (χ4n) is 2.33. The Bertz CT molecular complexity index is 747. The molecule has 0 unspecified atom stereocenters. The summed E-state index contributed by atoms with van der Waals surface area (Å²) in [4.78, 5) is 4.75. The first-order chi connectivity index (χ1) is 9.91. The van der Waals surface area contributed by atoms with Crippen molar-refractivity contribution in [2.75, 3.05) is 6.54 Å². The maximum Gasteiger partial charge on any atom is 0.262 e. The van der Waals surface area contributed by atoms with E-state index in [0.717, 1.165) is 19.3 Å². The van der Waals surface area contributed by atoms with Crippen molar-refractivity contribution in [3.8, 4) is 0 Å². The van der Waals surface area contributed by atoms with Gasteiger partial charge < -0.3 is 0 Å². The van der Waals surface area contributed by atoms with E-state index >= 15 is 0 Å². The Labute approximate surface area is 133 Å². The van der Waals surface area contributed by atoms with Crippen LogP contribution in [0.2, 0.25) is 5.15 Å². The average Bonchev–Trinajstić information content (AvgIpc) is 3.01. The zero-order valence-corrected chi connectivity index (χ0v) is 14.4. The lowest BCUT2D eigenvalue weighted by Crippen LogP contribution is -2.35. The molecule has 2 heterocycles. The van der Waals surface area contributed by atoms with Crippen molar-refractivity contribution in [1.29, 1.82) is 0 Å². The molecule has 0 atom stereocenters. The van der Waals surface area contributed by atoms with Crippen LogP contribution in [0.3, 0.4) is 0 Å². The number of aromatic nitrogens is 2. The van der Waals surface area contributed by atoms with Gasteiger partial charge in [0.05, 0.1) is 0 Å². The molecule has 0 amide bonds. The van der Waals surface area contributed by atoms with Gasteiger partial charge in [-0.3, -0.25) is 4.40 Å². The molecule has 8 heteroatoms. The SMILES string of the molecule is CC(C)CCN(C1CC1)S(=O)(=O)c1c(Cl)nc2sccn12. The standard InChI is InChI=1S/C13H18ClN3O2S2/c1-9(2)5-6-17(10-3-4-10)21(18,19)12-11(14)15-13-16(12)7-8-20-13/h7-10H,3-6H2,1-2H3. The van der Waals surface area contributed by atoms with Gasteiger partial charge in [-0.05, 0) is 25.2 Å². The molecule has 1 aliphatic carbocycles. The zero-order valence-electron chi connectivity index (χ0n) is 12.0. The normalized spacial score (nSPS) is 16.4. The predicted molar refractivity (Wildman–Crippen MR) is 84.4 cm³/mol. The molecule has 116 valence electrons. The Kier molecular flexibility index (Phi) is 4.02. The van der Waals surface area contributed by atoms with Crippen LogP contribution in [-0.4, -0.2) is 34.7 Å². The Morgan fingerprint density at radius 2 is 2.24 bits per heavy atom. The van der Waals surface area contributed by atoms with Crippen LogP contribution in [-0.2, 0) is 10.0 Å². The van der Waals surface area contributed by atoms with Crippen molar-refractivity contribution in [2.24, 2.45) is 5.92 Å². The lowest BCUT2D eigenvalue weighted by molar-refractivity contribution is 0.372. The number of halogens is 1. The van der Waals surface area contributed by atoms with Gasteiger partial charge in [0.2, 0.25) is 0 Å². The number of hydrogen-bond donors (Lipinski definition) is 0. The highest BCUT2D eigenvalue weighted by Crippen LogP contribution is 2.35. The zero-order chi connectivity index (χ0) is 15.2. The van der Waals surface area contributed by atoms with E-state index in [-0.39, 0.29) is 16.2 Å². The van der Waals surface area contributed by atoms with Crippen LogP contribution in [0.4, 0.5) is 0 Å². The van der Waals surface area contributed by atoms with Crippen LogP contribution in [0.1, 0.15) is 33.1 Å². The highest BCUT2D eigenvalue weighted by atomic mass is 35.5. The molecular formula is C13H18ClN3O2S2. The maximum atomic E-state index is 13.0. The van der Waals surface area contributed by atoms with E-state index in [1.807, 2.05) is 5.38 Å². The van der Waals surface area contributed by atoms with Crippen molar-refractivity contribution in [2.45, 2.75) is 44.2 Å². The Morgan fingerprint density at radius 1 is 1.52 bits per heavy atom. The fraction of sp³-hybridized carbons (Fsp3) is 0.615. The molecular weight excluding hydrogens is 330 g/mol. The predicted octanol–water partition coefficient (Wildman–Crippen LogP) is 3.25. The van der Waals surface area contributed by atoms with Crippen molar-refractivity contribution in [3.63, 3.8) is 0 Å². The van der Waals surface area contributed by atoms with Gasteiger partial charge in [0, 0.05) is 24.2 Å². The van der Waals surface area contributed by atoms with Gasteiger partial charge in [-0.2, -0.15) is 4.31 Å². The van der Waals surface area contributed by atoms with Crippen LogP contribution in [0.25, 0.3) is 4.96 Å². The lowest BCUT2D eigenvalue weighted by Gasteiger charge is -2.22. The van der Waals surface area contributed by atoms with Crippen LogP contribution < -0.4 is 0 Å². The quantitative estimate of drug-likeness (QED) is 0.806. The summed E-state index contributed by atoms with van der Waals surface area (Å²) in [6.45, 7) is 4.74. The fourth-order valence-corrected chi connectivity index (χ4v) is 5.44. The molecule has 5 nitrogen and oxygen atoms in total. The molecule has 0 bridgehead atoms. The molecule has 21 heavy (non-hydrogen) atoms. The number of sulfonamides is 1. The van der Waals surface area contributed by atoms with E-state index in [4.69, 9.17) is 11.6 Å². The van der Waals surface area contributed by atoms with E-state index in [9.17, 15) is 8.42 Å². The summed E-state index contributed by atoms with van der Waals surface area (Å²) in [7, 11) is -3.61. The maximum absolute atomic E-state index is 13.0. The molecule has 1 saturated carbocycles. The number of nitrogens with zero attached hydrogens (tertiary/aromatic N) is 3. The first-order valence-corrected chi connectivity index (χ1v) is 9.74. The summed E-state index contributed by atoms with van der Waals surface area (Å²) in [5.74, 6) is 0.462. The van der Waals surface area contributed by atoms with Crippen molar-refractivity contribution >= 4 is 37.9 Å². The molecule has 1 fully saturated rings. The molecule has 1 aliphatic rings. The average molecular weight is 348 g/mol. The van der Waals surface area contributed by atoms with Gasteiger partial charge in [-0.25, -0.2) is 13.4 Å². The smallest absolute Gasteiger partial charge is 0.262 e. The Balaban J connectivity index is 2.00. The summed E-state index contributed by atoms with van der Waals surface area (Å²) in [6.07, 6.45) is 4.42. The van der Waals surface area contributed by atoms with Crippen LogP contribution >= 0.6 is 22.9 Å². The van der Waals surface area contributed by atoms with Gasteiger partial charge in [0.1, 0.15) is 0 Å². The first-order valence-electron chi connectivity index (χ1n) is 7.04. The summed E-state index contributed by atoms with van der Waals surface area (Å²) in [5, 5.41) is 1.99. The molecule has 0 spiro atoms. The van der Waals surface area contributed by atoms with E-state index in [0.29, 0.717) is 17.4 Å². The Hall–Kier alpha value is -0.630. The highest BCUT2D eigenvalue weighted by molar-refractivity contribution is 7.89. The van der Waals surface area contributed by atoms with E-state index < -0.39 is 10.0 Å². The molecule has 0 aromatic carbocycles. The first kappa shape index (κ1) is 15.3. The number of fused-ring (bicyclic) bond motifs is 1. The summed E-state index contributed by atoms with van der Waals surface area (Å²) < 4.78 is 29.2. The van der Waals surface area contributed by atoms with Crippen LogP contribution in [0.15, 0.2) is 16.6 Å². The lowest BCUT2D eigenvalue weighted by atomic mass is 10.1. The third-order valence-corrected chi connectivity index (χ3v) is 6.72. The summed E-state index contributed by atoms with van der Waals surface area (Å²) in [5.41, 5.74) is 0. The van der Waals surface area contributed by atoms with Gasteiger partial charge in [-0.1, -0.05) is 25.4 Å². The van der Waals surface area contributed by atoms with Gasteiger partial charge >= 0.3 is 0 Å². The third-order valence-electron chi connectivity index (χ3n) is 3.61. The van der Waals surface area contributed by atoms with Crippen molar-refractivity contribution in [3.05, 3.63) is 16.7 Å². The number of thiazole rings is 1.